The van der Waals surface area contributed by atoms with Crippen molar-refractivity contribution in [3.8, 4) is 5.75 Å². The van der Waals surface area contributed by atoms with Crippen LogP contribution in [0.25, 0.3) is 10.9 Å². The highest BCUT2D eigenvalue weighted by molar-refractivity contribution is 5.84. The van der Waals surface area contributed by atoms with Crippen molar-refractivity contribution in [2.45, 2.75) is 0 Å². The van der Waals surface area contributed by atoms with E-state index in [2.05, 4.69) is 10.2 Å². The Hall–Kier alpha value is -1.58. The van der Waals surface area contributed by atoms with E-state index in [-0.39, 0.29) is 5.75 Å². The van der Waals surface area contributed by atoms with Gasteiger partial charge in [-0.15, -0.1) is 0 Å². The number of nitrogens with zero attached hydrogens (tertiary/aromatic N) is 1. The van der Waals surface area contributed by atoms with Gasteiger partial charge in [-0.25, -0.2) is 4.39 Å². The SMILES string of the molecule is Oc1c(F)ccc2[nH]ncc12. The Morgan fingerprint density at radius 2 is 2.27 bits per heavy atom. The summed E-state index contributed by atoms with van der Waals surface area (Å²) in [6.45, 7) is 0. The number of hydrogen-bond acceptors (Lipinski definition) is 2. The molecule has 2 N–H and O–H groups in total. The van der Waals surface area contributed by atoms with Gasteiger partial charge in [0.2, 0.25) is 0 Å². The van der Waals surface area contributed by atoms with E-state index in [1.54, 1.807) is 0 Å². The lowest BCUT2D eigenvalue weighted by molar-refractivity contribution is 0.439. The first-order chi connectivity index (χ1) is 5.29. The molecule has 56 valence electrons. The zero-order valence-electron chi connectivity index (χ0n) is 5.50. The Balaban J connectivity index is 2.93. The van der Waals surface area contributed by atoms with Gasteiger partial charge in [-0.3, -0.25) is 5.10 Å². The highest BCUT2D eigenvalue weighted by atomic mass is 19.1. The fraction of sp³-hybridized carbons (Fsp3) is 0. The highest BCUT2D eigenvalue weighted by Gasteiger charge is 2.05. The molecule has 1 aromatic heterocycles. The van der Waals surface area contributed by atoms with E-state index in [0.717, 1.165) is 0 Å². The first-order valence-electron chi connectivity index (χ1n) is 3.09. The Bertz CT molecular complexity index is 396. The number of phenols is 1. The van der Waals surface area contributed by atoms with Gasteiger partial charge in [-0.1, -0.05) is 0 Å². The molecule has 0 amide bonds. The predicted molar refractivity (Wildman–Crippen MR) is 37.7 cm³/mol. The van der Waals surface area contributed by atoms with Gasteiger partial charge in [0.05, 0.1) is 17.1 Å². The molecule has 3 nitrogen and oxygen atoms in total. The molecule has 1 aromatic carbocycles. The molecule has 0 radical (unpaired) electrons. The van der Waals surface area contributed by atoms with Crippen LogP contribution < -0.4 is 0 Å². The van der Waals surface area contributed by atoms with Gasteiger partial charge < -0.3 is 5.11 Å². The van der Waals surface area contributed by atoms with Crippen LogP contribution in [0.1, 0.15) is 0 Å². The normalized spacial score (nSPS) is 10.6. The second-order valence-electron chi connectivity index (χ2n) is 2.23. The van der Waals surface area contributed by atoms with Crippen molar-refractivity contribution in [3.63, 3.8) is 0 Å². The second-order valence-corrected chi connectivity index (χ2v) is 2.23. The summed E-state index contributed by atoms with van der Waals surface area (Å²) in [6.07, 6.45) is 1.38. The second kappa shape index (κ2) is 1.95. The minimum atomic E-state index is -0.626. The van der Waals surface area contributed by atoms with Crippen LogP contribution in [-0.2, 0) is 0 Å². The molecule has 0 spiro atoms. The average Bonchev–Trinajstić information content (AvgIpc) is 2.45. The molecule has 2 aromatic rings. The molecule has 0 aliphatic rings. The molecule has 4 heteroatoms. The van der Waals surface area contributed by atoms with Crippen molar-refractivity contribution in [2.24, 2.45) is 0 Å². The largest absolute Gasteiger partial charge is 0.504 e. The smallest absolute Gasteiger partial charge is 0.165 e. The molecule has 0 atom stereocenters. The fourth-order valence-corrected chi connectivity index (χ4v) is 0.976. The Morgan fingerprint density at radius 1 is 1.45 bits per heavy atom. The van der Waals surface area contributed by atoms with E-state index in [1.165, 1.54) is 18.3 Å². The van der Waals surface area contributed by atoms with E-state index in [0.29, 0.717) is 10.9 Å². The molecule has 0 aliphatic carbocycles. The van der Waals surface area contributed by atoms with Crippen molar-refractivity contribution < 1.29 is 9.50 Å². The summed E-state index contributed by atoms with van der Waals surface area (Å²) in [5.74, 6) is -0.977. The van der Waals surface area contributed by atoms with Crippen LogP contribution in [0.4, 0.5) is 4.39 Å². The van der Waals surface area contributed by atoms with Gasteiger partial charge in [-0.05, 0) is 12.1 Å². The summed E-state index contributed by atoms with van der Waals surface area (Å²) >= 11 is 0. The maximum absolute atomic E-state index is 12.6. The standard InChI is InChI=1S/C7H5FN2O/c8-5-1-2-6-4(7(5)11)3-9-10-6/h1-3,11H,(H,9,10). The zero-order chi connectivity index (χ0) is 7.84. The Kier molecular flexibility index (Phi) is 1.09. The van der Waals surface area contributed by atoms with E-state index in [9.17, 15) is 4.39 Å². The van der Waals surface area contributed by atoms with Gasteiger partial charge in [0.1, 0.15) is 0 Å². The lowest BCUT2D eigenvalue weighted by Gasteiger charge is -1.93. The van der Waals surface area contributed by atoms with E-state index in [1.807, 2.05) is 0 Å². The van der Waals surface area contributed by atoms with Crippen LogP contribution >= 0.6 is 0 Å². The summed E-state index contributed by atoms with van der Waals surface area (Å²) in [7, 11) is 0. The fourth-order valence-electron chi connectivity index (χ4n) is 0.976. The van der Waals surface area contributed by atoms with Crippen LogP contribution in [0.5, 0.6) is 5.75 Å². The summed E-state index contributed by atoms with van der Waals surface area (Å²) in [6, 6.07) is 2.72. The van der Waals surface area contributed by atoms with Crippen molar-refractivity contribution in [3.05, 3.63) is 24.1 Å². The topological polar surface area (TPSA) is 48.9 Å². The number of H-pyrrole nitrogens is 1. The lowest BCUT2D eigenvalue weighted by atomic mass is 10.2. The minimum Gasteiger partial charge on any atom is -0.504 e. The van der Waals surface area contributed by atoms with Crippen molar-refractivity contribution in [1.29, 1.82) is 0 Å². The van der Waals surface area contributed by atoms with Crippen molar-refractivity contribution in [2.75, 3.05) is 0 Å². The lowest BCUT2D eigenvalue weighted by Crippen LogP contribution is -1.75. The van der Waals surface area contributed by atoms with Crippen LogP contribution in [0, 0.1) is 5.82 Å². The number of rotatable bonds is 0. The first-order valence-corrected chi connectivity index (χ1v) is 3.09. The minimum absolute atomic E-state index is 0.351. The van der Waals surface area contributed by atoms with Crippen molar-refractivity contribution in [1.82, 2.24) is 10.2 Å². The van der Waals surface area contributed by atoms with Gasteiger partial charge in [-0.2, -0.15) is 5.10 Å². The zero-order valence-corrected chi connectivity index (χ0v) is 5.50. The van der Waals surface area contributed by atoms with Crippen LogP contribution in [-0.4, -0.2) is 15.3 Å². The molecule has 0 aliphatic heterocycles. The average molecular weight is 152 g/mol. The number of fused-ring (bicyclic) bond motifs is 1. The number of benzene rings is 1. The van der Waals surface area contributed by atoms with E-state index >= 15 is 0 Å². The molecular weight excluding hydrogens is 147 g/mol. The third-order valence-electron chi connectivity index (χ3n) is 1.55. The van der Waals surface area contributed by atoms with E-state index in [4.69, 9.17) is 5.11 Å². The number of halogens is 1. The third kappa shape index (κ3) is 0.756. The monoisotopic (exact) mass is 152 g/mol. The molecule has 2 rings (SSSR count). The molecule has 0 bridgehead atoms. The van der Waals surface area contributed by atoms with Crippen molar-refractivity contribution >= 4 is 10.9 Å². The summed E-state index contributed by atoms with van der Waals surface area (Å²) < 4.78 is 12.6. The molecule has 0 saturated carbocycles. The summed E-state index contributed by atoms with van der Waals surface area (Å²) in [5, 5.41) is 15.8. The highest BCUT2D eigenvalue weighted by Crippen LogP contribution is 2.25. The third-order valence-corrected chi connectivity index (χ3v) is 1.55. The van der Waals surface area contributed by atoms with Crippen LogP contribution in [0.2, 0.25) is 0 Å². The number of phenolic OH excluding ortho intramolecular Hbond substituents is 1. The maximum atomic E-state index is 12.6. The first kappa shape index (κ1) is 6.15. The van der Waals surface area contributed by atoms with Crippen LogP contribution in [0.15, 0.2) is 18.3 Å². The molecule has 0 saturated heterocycles. The predicted octanol–water partition coefficient (Wildman–Crippen LogP) is 1.41. The molecule has 1 heterocycles. The Labute approximate surface area is 61.5 Å². The van der Waals surface area contributed by atoms with Gasteiger partial charge in [0.25, 0.3) is 0 Å². The number of aromatic amines is 1. The molecule has 0 unspecified atom stereocenters. The molecule has 11 heavy (non-hydrogen) atoms. The Morgan fingerprint density at radius 3 is 3.09 bits per heavy atom. The molecule has 0 fully saturated rings. The summed E-state index contributed by atoms with van der Waals surface area (Å²) in [5.41, 5.74) is 0.629. The number of hydrogen-bond donors (Lipinski definition) is 2. The summed E-state index contributed by atoms with van der Waals surface area (Å²) in [4.78, 5) is 0. The van der Waals surface area contributed by atoms with Gasteiger partial charge in [0.15, 0.2) is 11.6 Å². The maximum Gasteiger partial charge on any atom is 0.165 e. The number of aromatic nitrogens is 2. The van der Waals surface area contributed by atoms with Gasteiger partial charge in [0, 0.05) is 0 Å². The van der Waals surface area contributed by atoms with Crippen LogP contribution in [0.3, 0.4) is 0 Å². The van der Waals surface area contributed by atoms with Gasteiger partial charge >= 0.3 is 0 Å². The molecular formula is C7H5FN2O. The number of aromatic hydroxyl groups is 1. The quantitative estimate of drug-likeness (QED) is 0.599. The number of nitrogens with one attached hydrogen (secondary N) is 1. The van der Waals surface area contributed by atoms with E-state index < -0.39 is 5.82 Å².